The van der Waals surface area contributed by atoms with Crippen molar-refractivity contribution in [2.24, 2.45) is 0 Å². The Balaban J connectivity index is 1.94. The molecule has 1 aromatic heterocycles. The van der Waals surface area contributed by atoms with Gasteiger partial charge in [-0.25, -0.2) is 4.39 Å². The summed E-state index contributed by atoms with van der Waals surface area (Å²) in [6.45, 7) is -0.918. The minimum atomic E-state index is -1.30. The maximum Gasteiger partial charge on any atom is 0.253 e. The van der Waals surface area contributed by atoms with Crippen LogP contribution in [0.15, 0.2) is 42.6 Å². The molecule has 2 N–H and O–H groups in total. The monoisotopic (exact) mass is 385 g/mol. The number of hydrogen-bond acceptors (Lipinski definition) is 4. The smallest absolute Gasteiger partial charge is 0.253 e. The van der Waals surface area contributed by atoms with Crippen LogP contribution >= 0.6 is 23.2 Å². The highest BCUT2D eigenvalue weighted by Gasteiger charge is 2.24. The molecule has 0 radical (unpaired) electrons. The van der Waals surface area contributed by atoms with Crippen LogP contribution in [0.2, 0.25) is 0 Å². The summed E-state index contributed by atoms with van der Waals surface area (Å²) < 4.78 is 13.1. The van der Waals surface area contributed by atoms with E-state index in [0.29, 0.717) is 6.42 Å². The second kappa shape index (κ2) is 9.65. The van der Waals surface area contributed by atoms with Gasteiger partial charge in [0.2, 0.25) is 0 Å². The van der Waals surface area contributed by atoms with Gasteiger partial charge in [0.25, 0.3) is 5.91 Å². The van der Waals surface area contributed by atoms with Gasteiger partial charge in [0, 0.05) is 19.0 Å². The molecule has 0 spiro atoms. The number of carbonyl (C=O) groups is 1. The second-order valence-corrected chi connectivity index (χ2v) is 6.65. The first-order valence-corrected chi connectivity index (χ1v) is 8.54. The Morgan fingerprint density at radius 3 is 2.44 bits per heavy atom. The number of carbonyl (C=O) groups excluding carboxylic acids is 1. The molecule has 2 rings (SSSR count). The lowest BCUT2D eigenvalue weighted by Crippen LogP contribution is -2.47. The van der Waals surface area contributed by atoms with Crippen molar-refractivity contribution in [1.29, 1.82) is 0 Å². The van der Waals surface area contributed by atoms with Crippen LogP contribution in [0.25, 0.3) is 0 Å². The highest BCUT2D eigenvalue weighted by molar-refractivity contribution is 6.53. The minimum absolute atomic E-state index is 0.190. The lowest BCUT2D eigenvalue weighted by atomic mass is 10.0. The molecule has 5 nitrogen and oxygen atoms in total. The van der Waals surface area contributed by atoms with Crippen LogP contribution in [0.5, 0.6) is 0 Å². The normalized spacial score (nSPS) is 13.5. The number of nitrogens with zero attached hydrogens (tertiary/aromatic N) is 2. The number of hydrogen-bond donors (Lipinski definition) is 2. The molecule has 2 atom stereocenters. The number of nitrogens with one attached hydrogen (secondary N) is 1. The van der Waals surface area contributed by atoms with Gasteiger partial charge in [-0.1, -0.05) is 47.5 Å². The van der Waals surface area contributed by atoms with Crippen molar-refractivity contribution < 1.29 is 14.3 Å². The molecule has 134 valence electrons. The van der Waals surface area contributed by atoms with Crippen molar-refractivity contribution in [2.45, 2.75) is 29.8 Å². The fraction of sp³-hybridized carbons (Fsp3) is 0.353. The van der Waals surface area contributed by atoms with Crippen LogP contribution < -0.4 is 5.32 Å². The molecule has 25 heavy (non-hydrogen) atoms. The zero-order valence-electron chi connectivity index (χ0n) is 13.3. The lowest BCUT2D eigenvalue weighted by molar-refractivity contribution is -0.121. The van der Waals surface area contributed by atoms with Gasteiger partial charge in [0.1, 0.15) is 6.67 Å². The third-order valence-electron chi connectivity index (χ3n) is 3.64. The number of aliphatic hydroxyl groups excluding tert-OH is 1. The van der Waals surface area contributed by atoms with E-state index in [4.69, 9.17) is 23.2 Å². The van der Waals surface area contributed by atoms with Crippen molar-refractivity contribution in [3.63, 3.8) is 0 Å². The summed E-state index contributed by atoms with van der Waals surface area (Å²) in [7, 11) is 0. The minimum Gasteiger partial charge on any atom is -0.391 e. The van der Waals surface area contributed by atoms with Crippen LogP contribution in [-0.2, 0) is 17.6 Å². The molecule has 2 aromatic rings. The summed E-state index contributed by atoms with van der Waals surface area (Å²) in [5.74, 6) is -0.732. The quantitative estimate of drug-likeness (QED) is 0.683. The number of aromatic nitrogens is 2. The Morgan fingerprint density at radius 2 is 1.88 bits per heavy atom. The summed E-state index contributed by atoms with van der Waals surface area (Å²) in [6.07, 6.45) is 1.36. The number of rotatable bonds is 8. The Hall–Kier alpha value is -1.76. The largest absolute Gasteiger partial charge is 0.391 e. The predicted octanol–water partition coefficient (Wildman–Crippen LogP) is 2.23. The van der Waals surface area contributed by atoms with Crippen LogP contribution in [-0.4, -0.2) is 44.9 Å². The third kappa shape index (κ3) is 6.23. The van der Waals surface area contributed by atoms with Crippen LogP contribution in [0.4, 0.5) is 4.39 Å². The summed E-state index contributed by atoms with van der Waals surface area (Å²) in [5.41, 5.74) is 2.71. The number of aliphatic hydroxyl groups is 1. The number of halogens is 3. The molecule has 0 aliphatic rings. The molecule has 0 aliphatic heterocycles. The van der Waals surface area contributed by atoms with E-state index < -0.39 is 29.6 Å². The van der Waals surface area contributed by atoms with Crippen molar-refractivity contribution in [3.05, 3.63) is 59.4 Å². The molecule has 1 amide bonds. The lowest BCUT2D eigenvalue weighted by Gasteiger charge is -2.22. The summed E-state index contributed by atoms with van der Waals surface area (Å²) in [6, 6.07) is 10.2. The van der Waals surface area contributed by atoms with E-state index in [1.165, 1.54) is 0 Å². The summed E-state index contributed by atoms with van der Waals surface area (Å²) in [4.78, 5) is 10.1. The number of amides is 1. The third-order valence-corrected chi connectivity index (χ3v) is 4.03. The standard InChI is InChI=1S/C17H18Cl2FN3O2/c18-16(19)17(25)22-14(10-20)15(24)9-12-5-3-11(4-6-12)8-13-2-1-7-21-23-13/h1-7,14-16,24H,8-10H2,(H,22,25). The van der Waals surface area contributed by atoms with Gasteiger partial charge < -0.3 is 10.4 Å². The first kappa shape index (κ1) is 19.6. The Kier molecular flexibility index (Phi) is 7.55. The Labute approximate surface area is 155 Å². The molecule has 1 heterocycles. The molecule has 0 aliphatic carbocycles. The van der Waals surface area contributed by atoms with Gasteiger partial charge in [-0.05, 0) is 23.3 Å². The maximum atomic E-state index is 13.1. The zero-order valence-corrected chi connectivity index (χ0v) is 14.8. The van der Waals surface area contributed by atoms with Gasteiger partial charge in [-0.3, -0.25) is 4.79 Å². The van der Waals surface area contributed by atoms with Crippen LogP contribution in [0, 0.1) is 0 Å². The fourth-order valence-corrected chi connectivity index (χ4v) is 2.42. The number of alkyl halides is 3. The van der Waals surface area contributed by atoms with Crippen molar-refractivity contribution >= 4 is 29.1 Å². The SMILES string of the molecule is O=C(NC(CF)C(O)Cc1ccc(Cc2cccnn2)cc1)C(Cl)Cl. The fourth-order valence-electron chi connectivity index (χ4n) is 2.30. The average molecular weight is 386 g/mol. The van der Waals surface area contributed by atoms with Crippen LogP contribution in [0.1, 0.15) is 16.8 Å². The molecule has 0 fully saturated rings. The summed E-state index contributed by atoms with van der Waals surface area (Å²) >= 11 is 10.8. The highest BCUT2D eigenvalue weighted by atomic mass is 35.5. The van der Waals surface area contributed by atoms with E-state index in [9.17, 15) is 14.3 Å². The molecular weight excluding hydrogens is 368 g/mol. The first-order valence-electron chi connectivity index (χ1n) is 7.66. The molecule has 0 saturated carbocycles. The van der Waals surface area contributed by atoms with E-state index in [-0.39, 0.29) is 6.42 Å². The van der Waals surface area contributed by atoms with Gasteiger partial charge in [-0.2, -0.15) is 10.2 Å². The van der Waals surface area contributed by atoms with Gasteiger partial charge in [-0.15, -0.1) is 0 Å². The van der Waals surface area contributed by atoms with Gasteiger partial charge >= 0.3 is 0 Å². The molecule has 2 unspecified atom stereocenters. The first-order chi connectivity index (χ1) is 12.0. The summed E-state index contributed by atoms with van der Waals surface area (Å²) in [5, 5.41) is 20.3. The Morgan fingerprint density at radius 1 is 1.20 bits per heavy atom. The van der Waals surface area contributed by atoms with Gasteiger partial charge in [0.15, 0.2) is 4.84 Å². The van der Waals surface area contributed by atoms with Crippen molar-refractivity contribution in [3.8, 4) is 0 Å². The van der Waals surface area contributed by atoms with Crippen LogP contribution in [0.3, 0.4) is 0 Å². The second-order valence-electron chi connectivity index (χ2n) is 5.55. The van der Waals surface area contributed by atoms with Crippen molar-refractivity contribution in [1.82, 2.24) is 15.5 Å². The average Bonchev–Trinajstić information content (AvgIpc) is 2.61. The van der Waals surface area contributed by atoms with E-state index in [2.05, 4.69) is 15.5 Å². The van der Waals surface area contributed by atoms with E-state index in [1.807, 2.05) is 36.4 Å². The topological polar surface area (TPSA) is 75.1 Å². The predicted molar refractivity (Wildman–Crippen MR) is 94.4 cm³/mol. The molecule has 8 heteroatoms. The molecule has 0 saturated heterocycles. The van der Waals surface area contributed by atoms with E-state index in [1.54, 1.807) is 6.20 Å². The molecule has 1 aromatic carbocycles. The number of benzene rings is 1. The highest BCUT2D eigenvalue weighted by Crippen LogP contribution is 2.12. The van der Waals surface area contributed by atoms with E-state index >= 15 is 0 Å². The van der Waals surface area contributed by atoms with Crippen molar-refractivity contribution in [2.75, 3.05) is 6.67 Å². The van der Waals surface area contributed by atoms with E-state index in [0.717, 1.165) is 16.8 Å². The van der Waals surface area contributed by atoms with Gasteiger partial charge in [0.05, 0.1) is 17.8 Å². The molecule has 0 bridgehead atoms. The molecular formula is C17H18Cl2FN3O2. The maximum absolute atomic E-state index is 13.1. The Bertz CT molecular complexity index is 671. The zero-order chi connectivity index (χ0) is 18.2.